The lowest BCUT2D eigenvalue weighted by atomic mass is 9.99. The molecule has 1 aromatic carbocycles. The Kier molecular flexibility index (Phi) is 4.94. The maximum Gasteiger partial charge on any atom is 0.233 e. The quantitative estimate of drug-likeness (QED) is 0.763. The SMILES string of the molecule is COc1cc2c(cc1OC)CN(C(=O)CSc1nncn1C)CC2. The van der Waals surface area contributed by atoms with Crippen LogP contribution in [0.25, 0.3) is 0 Å². The highest BCUT2D eigenvalue weighted by atomic mass is 32.2. The van der Waals surface area contributed by atoms with Crippen molar-refractivity contribution in [1.29, 1.82) is 0 Å². The fraction of sp³-hybridized carbons (Fsp3) is 0.438. The van der Waals surface area contributed by atoms with Gasteiger partial charge in [0.25, 0.3) is 0 Å². The van der Waals surface area contributed by atoms with Gasteiger partial charge in [0.05, 0.1) is 20.0 Å². The fourth-order valence-electron chi connectivity index (χ4n) is 2.72. The summed E-state index contributed by atoms with van der Waals surface area (Å²) in [5.41, 5.74) is 2.31. The normalized spacial score (nSPS) is 13.5. The van der Waals surface area contributed by atoms with Crippen LogP contribution in [0.2, 0.25) is 0 Å². The summed E-state index contributed by atoms with van der Waals surface area (Å²) in [5, 5.41) is 8.55. The molecule has 0 spiro atoms. The first-order chi connectivity index (χ1) is 11.6. The first kappa shape index (κ1) is 16.6. The van der Waals surface area contributed by atoms with E-state index >= 15 is 0 Å². The second kappa shape index (κ2) is 7.12. The number of carbonyl (C=O) groups excluding carboxylic acids is 1. The lowest BCUT2D eigenvalue weighted by Gasteiger charge is -2.29. The number of benzene rings is 1. The Morgan fingerprint density at radius 3 is 2.58 bits per heavy atom. The molecule has 0 saturated carbocycles. The Morgan fingerprint density at radius 1 is 1.25 bits per heavy atom. The minimum atomic E-state index is 0.100. The molecule has 2 aromatic rings. The van der Waals surface area contributed by atoms with Crippen molar-refractivity contribution in [1.82, 2.24) is 19.7 Å². The number of fused-ring (bicyclic) bond motifs is 1. The highest BCUT2D eigenvalue weighted by molar-refractivity contribution is 7.99. The zero-order valence-electron chi connectivity index (χ0n) is 14.0. The molecule has 0 fully saturated rings. The molecule has 0 aliphatic carbocycles. The number of hydrogen-bond donors (Lipinski definition) is 0. The molecule has 0 atom stereocenters. The van der Waals surface area contributed by atoms with E-state index in [1.807, 2.05) is 24.1 Å². The number of thioether (sulfide) groups is 1. The van der Waals surface area contributed by atoms with Crippen molar-refractivity contribution < 1.29 is 14.3 Å². The third-order valence-electron chi connectivity index (χ3n) is 4.07. The molecule has 1 aliphatic heterocycles. The van der Waals surface area contributed by atoms with Crippen LogP contribution in [-0.2, 0) is 24.8 Å². The molecule has 0 bridgehead atoms. The molecule has 0 unspecified atom stereocenters. The molecule has 2 heterocycles. The maximum absolute atomic E-state index is 12.5. The second-order valence-electron chi connectivity index (χ2n) is 5.55. The smallest absolute Gasteiger partial charge is 0.233 e. The molecule has 0 saturated heterocycles. The van der Waals surface area contributed by atoms with Crippen LogP contribution in [0.3, 0.4) is 0 Å². The number of rotatable bonds is 5. The lowest BCUT2D eigenvalue weighted by molar-refractivity contribution is -0.129. The summed E-state index contributed by atoms with van der Waals surface area (Å²) < 4.78 is 12.5. The zero-order valence-corrected chi connectivity index (χ0v) is 14.8. The Balaban J connectivity index is 1.67. The van der Waals surface area contributed by atoms with Gasteiger partial charge in [-0.3, -0.25) is 4.79 Å². The lowest BCUT2D eigenvalue weighted by Crippen LogP contribution is -2.37. The van der Waals surface area contributed by atoms with E-state index in [0.717, 1.165) is 22.9 Å². The molecule has 1 aromatic heterocycles. The summed E-state index contributed by atoms with van der Waals surface area (Å²) >= 11 is 1.40. The molecule has 0 radical (unpaired) electrons. The standard InChI is InChI=1S/C16H20N4O3S/c1-19-10-17-18-16(19)24-9-15(21)20-5-4-11-6-13(22-2)14(23-3)7-12(11)8-20/h6-7,10H,4-5,8-9H2,1-3H3. The third-order valence-corrected chi connectivity index (χ3v) is 5.08. The number of aryl methyl sites for hydroxylation is 1. The Hall–Kier alpha value is -2.22. The van der Waals surface area contributed by atoms with Crippen LogP contribution in [0.5, 0.6) is 11.5 Å². The van der Waals surface area contributed by atoms with Crippen LogP contribution in [0.15, 0.2) is 23.6 Å². The molecule has 1 amide bonds. The Labute approximate surface area is 145 Å². The Bertz CT molecular complexity index is 747. The van der Waals surface area contributed by atoms with Crippen molar-refractivity contribution >= 4 is 17.7 Å². The van der Waals surface area contributed by atoms with Crippen LogP contribution >= 0.6 is 11.8 Å². The third kappa shape index (κ3) is 3.33. The van der Waals surface area contributed by atoms with Crippen molar-refractivity contribution in [3.8, 4) is 11.5 Å². The van der Waals surface area contributed by atoms with Gasteiger partial charge in [0, 0.05) is 20.1 Å². The summed E-state index contributed by atoms with van der Waals surface area (Å²) in [6.45, 7) is 1.30. The van der Waals surface area contributed by atoms with Crippen LogP contribution in [-0.4, -0.2) is 52.1 Å². The molecule has 24 heavy (non-hydrogen) atoms. The zero-order chi connectivity index (χ0) is 17.1. The minimum Gasteiger partial charge on any atom is -0.493 e. The number of hydrogen-bond acceptors (Lipinski definition) is 6. The molecular formula is C16H20N4O3S. The van der Waals surface area contributed by atoms with E-state index in [2.05, 4.69) is 10.2 Å². The molecule has 128 valence electrons. The van der Waals surface area contributed by atoms with Gasteiger partial charge in [0.1, 0.15) is 6.33 Å². The van der Waals surface area contributed by atoms with E-state index in [0.29, 0.717) is 24.6 Å². The van der Waals surface area contributed by atoms with Crippen LogP contribution in [0, 0.1) is 0 Å². The number of aromatic nitrogens is 3. The second-order valence-corrected chi connectivity index (χ2v) is 6.50. The highest BCUT2D eigenvalue weighted by Crippen LogP contribution is 2.33. The van der Waals surface area contributed by atoms with Gasteiger partial charge in [-0.25, -0.2) is 0 Å². The largest absolute Gasteiger partial charge is 0.493 e. The number of methoxy groups -OCH3 is 2. The van der Waals surface area contributed by atoms with Gasteiger partial charge in [0.15, 0.2) is 16.7 Å². The first-order valence-corrected chi connectivity index (χ1v) is 8.59. The highest BCUT2D eigenvalue weighted by Gasteiger charge is 2.23. The number of ether oxygens (including phenoxy) is 2. The van der Waals surface area contributed by atoms with Crippen molar-refractivity contribution in [3.05, 3.63) is 29.6 Å². The summed E-state index contributed by atoms with van der Waals surface area (Å²) in [7, 11) is 5.11. The molecule has 8 heteroatoms. The maximum atomic E-state index is 12.5. The molecule has 7 nitrogen and oxygen atoms in total. The monoisotopic (exact) mass is 348 g/mol. The van der Waals surface area contributed by atoms with Crippen molar-refractivity contribution in [2.75, 3.05) is 26.5 Å². The van der Waals surface area contributed by atoms with E-state index in [4.69, 9.17) is 9.47 Å². The first-order valence-electron chi connectivity index (χ1n) is 7.60. The predicted octanol–water partition coefficient (Wildman–Crippen LogP) is 1.51. The topological polar surface area (TPSA) is 69.5 Å². The summed E-state index contributed by atoms with van der Waals surface area (Å²) in [5.74, 6) is 1.88. The molecule has 1 aliphatic rings. The van der Waals surface area contributed by atoms with Gasteiger partial charge >= 0.3 is 0 Å². The van der Waals surface area contributed by atoms with Crippen molar-refractivity contribution in [2.24, 2.45) is 7.05 Å². The van der Waals surface area contributed by atoms with Crippen molar-refractivity contribution in [2.45, 2.75) is 18.1 Å². The number of nitrogens with zero attached hydrogens (tertiary/aromatic N) is 4. The minimum absolute atomic E-state index is 0.100. The van der Waals surface area contributed by atoms with Gasteiger partial charge in [-0.2, -0.15) is 0 Å². The van der Waals surface area contributed by atoms with E-state index in [1.54, 1.807) is 25.1 Å². The van der Waals surface area contributed by atoms with E-state index in [1.165, 1.54) is 17.3 Å². The van der Waals surface area contributed by atoms with Gasteiger partial charge in [-0.05, 0) is 29.7 Å². The van der Waals surface area contributed by atoms with Crippen LogP contribution < -0.4 is 9.47 Å². The number of carbonyl (C=O) groups is 1. The van der Waals surface area contributed by atoms with E-state index in [9.17, 15) is 4.79 Å². The van der Waals surface area contributed by atoms with Crippen molar-refractivity contribution in [3.63, 3.8) is 0 Å². The molecule has 0 N–H and O–H groups in total. The van der Waals surface area contributed by atoms with Gasteiger partial charge in [-0.15, -0.1) is 10.2 Å². The predicted molar refractivity (Wildman–Crippen MR) is 90.4 cm³/mol. The summed E-state index contributed by atoms with van der Waals surface area (Å²) in [4.78, 5) is 14.4. The summed E-state index contributed by atoms with van der Waals surface area (Å²) in [6.07, 6.45) is 2.44. The van der Waals surface area contributed by atoms with Crippen LogP contribution in [0.1, 0.15) is 11.1 Å². The fourth-order valence-corrected chi connectivity index (χ4v) is 3.51. The Morgan fingerprint density at radius 2 is 1.96 bits per heavy atom. The summed E-state index contributed by atoms with van der Waals surface area (Å²) in [6, 6.07) is 3.97. The average Bonchev–Trinajstić information content (AvgIpc) is 3.02. The van der Waals surface area contributed by atoms with Gasteiger partial charge in [-0.1, -0.05) is 11.8 Å². The number of amides is 1. The molecule has 3 rings (SSSR count). The average molecular weight is 348 g/mol. The molecular weight excluding hydrogens is 328 g/mol. The van der Waals surface area contributed by atoms with E-state index < -0.39 is 0 Å². The van der Waals surface area contributed by atoms with Gasteiger partial charge in [0.2, 0.25) is 5.91 Å². The van der Waals surface area contributed by atoms with E-state index in [-0.39, 0.29) is 5.91 Å². The van der Waals surface area contributed by atoms with Crippen LogP contribution in [0.4, 0.5) is 0 Å². The van der Waals surface area contributed by atoms with Gasteiger partial charge < -0.3 is 18.9 Å².